The summed E-state index contributed by atoms with van der Waals surface area (Å²) in [7, 11) is 1.84. The SMILES string of the molecule is Cc1cc(C(C)C)nn1-c1nc2c(c(=O)n1-c1ccc(-c3cnn(C)c3)cc1)C[C@@H](C)N(C(=O)c1ccc(Br)c(C(F)(F)F)c1)C2. The number of nitrogens with zero attached hydrogens (tertiary/aromatic N) is 7. The van der Waals surface area contributed by atoms with Crippen LogP contribution in [-0.2, 0) is 26.2 Å². The van der Waals surface area contributed by atoms with Crippen LogP contribution in [0.15, 0.2) is 70.2 Å². The first-order valence-corrected chi connectivity index (χ1v) is 15.5. The van der Waals surface area contributed by atoms with E-state index in [0.717, 1.165) is 28.6 Å². The van der Waals surface area contributed by atoms with Crippen LogP contribution >= 0.6 is 15.9 Å². The second kappa shape index (κ2) is 11.7. The van der Waals surface area contributed by atoms with Gasteiger partial charge in [-0.25, -0.2) is 14.2 Å². The van der Waals surface area contributed by atoms with Gasteiger partial charge in [0.1, 0.15) is 0 Å². The maximum absolute atomic E-state index is 14.3. The number of hydrogen-bond donors (Lipinski definition) is 0. The van der Waals surface area contributed by atoms with Gasteiger partial charge in [0, 0.05) is 46.1 Å². The first kappa shape index (κ1) is 31.5. The third-order valence-corrected chi connectivity index (χ3v) is 8.92. The van der Waals surface area contributed by atoms with Gasteiger partial charge in [-0.2, -0.15) is 23.4 Å². The Labute approximate surface area is 271 Å². The number of alkyl halides is 3. The maximum Gasteiger partial charge on any atom is 0.417 e. The lowest BCUT2D eigenvalue weighted by Gasteiger charge is -2.34. The molecule has 1 atom stereocenters. The first-order chi connectivity index (χ1) is 21.7. The van der Waals surface area contributed by atoms with Crippen molar-refractivity contribution in [1.82, 2.24) is 34.0 Å². The molecule has 13 heteroatoms. The molecule has 0 aliphatic carbocycles. The van der Waals surface area contributed by atoms with Crippen molar-refractivity contribution in [3.05, 3.63) is 110 Å². The minimum Gasteiger partial charge on any atom is -0.330 e. The quantitative estimate of drug-likeness (QED) is 0.206. The monoisotopic (exact) mass is 693 g/mol. The average Bonchev–Trinajstić information content (AvgIpc) is 3.62. The van der Waals surface area contributed by atoms with E-state index in [4.69, 9.17) is 10.1 Å². The highest BCUT2D eigenvalue weighted by atomic mass is 79.9. The normalized spacial score (nSPS) is 15.0. The van der Waals surface area contributed by atoms with Gasteiger partial charge in [0.05, 0.1) is 35.4 Å². The number of halogens is 4. The van der Waals surface area contributed by atoms with Gasteiger partial charge in [0.2, 0.25) is 5.95 Å². The molecule has 0 radical (unpaired) electrons. The smallest absolute Gasteiger partial charge is 0.330 e. The number of benzene rings is 2. The molecule has 0 N–H and O–H groups in total. The number of aryl methyl sites for hydroxylation is 2. The van der Waals surface area contributed by atoms with E-state index in [1.807, 2.05) is 64.3 Å². The van der Waals surface area contributed by atoms with E-state index < -0.39 is 23.7 Å². The molecule has 0 saturated heterocycles. The standard InChI is InChI=1S/C33H31BrF3N7O2/c1-18(2)28-13-20(4)44(40-28)32-39-29-17-42(30(45)22-8-11-27(34)26(14-22)33(35,36)37)19(3)12-25(29)31(46)43(32)24-9-6-21(7-10-24)23-15-38-41(5)16-23/h6-11,13-16,18-19H,12,17H2,1-5H3/t19-/m1/s1. The summed E-state index contributed by atoms with van der Waals surface area (Å²) in [6.45, 7) is 7.65. The van der Waals surface area contributed by atoms with Gasteiger partial charge in [-0.15, -0.1) is 0 Å². The van der Waals surface area contributed by atoms with Crippen molar-refractivity contribution in [3.63, 3.8) is 0 Å². The van der Waals surface area contributed by atoms with Gasteiger partial charge in [-0.05, 0) is 68.1 Å². The van der Waals surface area contributed by atoms with E-state index in [9.17, 15) is 22.8 Å². The lowest BCUT2D eigenvalue weighted by Crippen LogP contribution is -2.46. The van der Waals surface area contributed by atoms with Crippen LogP contribution in [0.1, 0.15) is 65.3 Å². The zero-order chi connectivity index (χ0) is 33.1. The molecule has 2 aromatic carbocycles. The van der Waals surface area contributed by atoms with Crippen LogP contribution in [0.25, 0.3) is 22.8 Å². The predicted octanol–water partition coefficient (Wildman–Crippen LogP) is 6.62. The molecule has 46 heavy (non-hydrogen) atoms. The second-order valence-corrected chi connectivity index (χ2v) is 12.7. The summed E-state index contributed by atoms with van der Waals surface area (Å²) in [6, 6.07) is 12.4. The van der Waals surface area contributed by atoms with Crippen LogP contribution in [0.2, 0.25) is 0 Å². The Bertz CT molecular complexity index is 2030. The van der Waals surface area contributed by atoms with Crippen molar-refractivity contribution in [1.29, 1.82) is 0 Å². The van der Waals surface area contributed by atoms with Crippen molar-refractivity contribution >= 4 is 21.8 Å². The van der Waals surface area contributed by atoms with Crippen molar-refractivity contribution in [2.24, 2.45) is 7.05 Å². The minimum atomic E-state index is -4.64. The van der Waals surface area contributed by atoms with Gasteiger partial charge in [0.15, 0.2) is 0 Å². The third-order valence-electron chi connectivity index (χ3n) is 8.23. The van der Waals surface area contributed by atoms with Crippen LogP contribution in [0.4, 0.5) is 13.2 Å². The fraction of sp³-hybridized carbons (Fsp3) is 0.303. The largest absolute Gasteiger partial charge is 0.417 e. The summed E-state index contributed by atoms with van der Waals surface area (Å²) in [5.74, 6) is -0.197. The van der Waals surface area contributed by atoms with E-state index in [1.165, 1.54) is 21.6 Å². The fourth-order valence-electron chi connectivity index (χ4n) is 5.69. The van der Waals surface area contributed by atoms with Gasteiger partial charge in [0.25, 0.3) is 11.5 Å². The van der Waals surface area contributed by atoms with Gasteiger partial charge in [-0.3, -0.25) is 14.3 Å². The molecule has 1 aliphatic rings. The zero-order valence-corrected chi connectivity index (χ0v) is 27.4. The summed E-state index contributed by atoms with van der Waals surface area (Å²) < 4.78 is 45.6. The molecule has 1 aliphatic heterocycles. The van der Waals surface area contributed by atoms with E-state index in [-0.39, 0.29) is 40.4 Å². The van der Waals surface area contributed by atoms with E-state index >= 15 is 0 Å². The number of amides is 1. The Morgan fingerprint density at radius 1 is 1.07 bits per heavy atom. The van der Waals surface area contributed by atoms with E-state index in [0.29, 0.717) is 16.9 Å². The molecule has 0 unspecified atom stereocenters. The van der Waals surface area contributed by atoms with Crippen molar-refractivity contribution in [2.75, 3.05) is 0 Å². The summed E-state index contributed by atoms with van der Waals surface area (Å²) in [5, 5.41) is 9.01. The van der Waals surface area contributed by atoms with Crippen LogP contribution in [0.3, 0.4) is 0 Å². The number of aromatic nitrogens is 6. The molecular weight excluding hydrogens is 663 g/mol. The van der Waals surface area contributed by atoms with E-state index in [2.05, 4.69) is 21.0 Å². The number of hydrogen-bond acceptors (Lipinski definition) is 5. The van der Waals surface area contributed by atoms with Crippen molar-refractivity contribution < 1.29 is 18.0 Å². The number of carbonyl (C=O) groups is 1. The van der Waals surface area contributed by atoms with Crippen LogP contribution < -0.4 is 5.56 Å². The Morgan fingerprint density at radius 3 is 2.39 bits per heavy atom. The Hall–Kier alpha value is -4.52. The highest BCUT2D eigenvalue weighted by Gasteiger charge is 2.36. The molecule has 9 nitrogen and oxygen atoms in total. The molecule has 3 aromatic heterocycles. The average molecular weight is 695 g/mol. The Kier molecular flexibility index (Phi) is 7.99. The maximum atomic E-state index is 14.3. The Balaban J connectivity index is 1.46. The molecule has 4 heterocycles. The summed E-state index contributed by atoms with van der Waals surface area (Å²) in [6.07, 6.45) is -0.789. The number of carbonyl (C=O) groups excluding carboxylic acids is 1. The molecule has 5 aromatic rings. The molecule has 1 amide bonds. The van der Waals surface area contributed by atoms with Gasteiger partial charge >= 0.3 is 6.18 Å². The molecule has 0 fully saturated rings. The highest BCUT2D eigenvalue weighted by Crippen LogP contribution is 2.36. The topological polar surface area (TPSA) is 90.8 Å². The number of fused-ring (bicyclic) bond motifs is 1. The first-order valence-electron chi connectivity index (χ1n) is 14.7. The van der Waals surface area contributed by atoms with Crippen molar-refractivity contribution in [3.8, 4) is 22.8 Å². The summed E-state index contributed by atoms with van der Waals surface area (Å²) in [5.41, 5.74) is 3.53. The highest BCUT2D eigenvalue weighted by molar-refractivity contribution is 9.10. The molecular formula is C33H31BrF3N7O2. The van der Waals surface area contributed by atoms with Crippen molar-refractivity contribution in [2.45, 2.75) is 58.8 Å². The summed E-state index contributed by atoms with van der Waals surface area (Å²) in [4.78, 5) is 34.4. The minimum absolute atomic E-state index is 0.0485. The molecule has 0 saturated carbocycles. The van der Waals surface area contributed by atoms with Gasteiger partial charge < -0.3 is 4.90 Å². The van der Waals surface area contributed by atoms with Crippen LogP contribution in [0, 0.1) is 6.92 Å². The molecule has 6 rings (SSSR count). The van der Waals surface area contributed by atoms with Crippen LogP contribution in [-0.4, -0.2) is 46.0 Å². The summed E-state index contributed by atoms with van der Waals surface area (Å²) >= 11 is 2.94. The number of rotatable bonds is 5. The second-order valence-electron chi connectivity index (χ2n) is 11.9. The lowest BCUT2D eigenvalue weighted by molar-refractivity contribution is -0.138. The molecule has 238 valence electrons. The Morgan fingerprint density at radius 2 is 1.78 bits per heavy atom. The zero-order valence-electron chi connectivity index (χ0n) is 25.8. The third kappa shape index (κ3) is 5.68. The predicted molar refractivity (Wildman–Crippen MR) is 170 cm³/mol. The van der Waals surface area contributed by atoms with Crippen LogP contribution in [0.5, 0.6) is 0 Å². The molecule has 0 bridgehead atoms. The van der Waals surface area contributed by atoms with Gasteiger partial charge in [-0.1, -0.05) is 41.9 Å². The lowest BCUT2D eigenvalue weighted by atomic mass is 9.98. The molecule has 0 spiro atoms. The van der Waals surface area contributed by atoms with E-state index in [1.54, 1.807) is 22.5 Å². The fourth-order valence-corrected chi connectivity index (χ4v) is 6.16.